The van der Waals surface area contributed by atoms with Crippen LogP contribution in [0.1, 0.15) is 12.8 Å². The SMILES string of the molecule is NC1CN(CC2CCC(=O)N2)C1. The topological polar surface area (TPSA) is 58.4 Å². The van der Waals surface area contributed by atoms with E-state index in [1.165, 1.54) is 0 Å². The highest BCUT2D eigenvalue weighted by molar-refractivity contribution is 5.78. The number of hydrogen-bond donors (Lipinski definition) is 2. The standard InChI is InChI=1S/C8H15N3O/c9-6-3-11(4-6)5-7-1-2-8(12)10-7/h6-7H,1-5,9H2,(H,10,12). The van der Waals surface area contributed by atoms with Crippen molar-refractivity contribution in [2.45, 2.75) is 24.9 Å². The van der Waals surface area contributed by atoms with Crippen LogP contribution in [0.2, 0.25) is 0 Å². The van der Waals surface area contributed by atoms with E-state index in [0.717, 1.165) is 26.1 Å². The molecule has 0 aromatic carbocycles. The zero-order valence-electron chi connectivity index (χ0n) is 7.12. The van der Waals surface area contributed by atoms with Gasteiger partial charge in [-0.3, -0.25) is 9.69 Å². The maximum Gasteiger partial charge on any atom is 0.220 e. The molecule has 0 bridgehead atoms. The highest BCUT2D eigenvalue weighted by Crippen LogP contribution is 2.12. The Balaban J connectivity index is 1.70. The van der Waals surface area contributed by atoms with Gasteiger partial charge in [0.05, 0.1) is 0 Å². The zero-order chi connectivity index (χ0) is 8.55. The average Bonchev–Trinajstić information content (AvgIpc) is 2.33. The third kappa shape index (κ3) is 1.59. The fraction of sp³-hybridized carbons (Fsp3) is 0.875. The van der Waals surface area contributed by atoms with Gasteiger partial charge in [0.1, 0.15) is 0 Å². The van der Waals surface area contributed by atoms with Gasteiger partial charge in [0.25, 0.3) is 0 Å². The van der Waals surface area contributed by atoms with Crippen LogP contribution in [0.3, 0.4) is 0 Å². The Bertz CT molecular complexity index is 189. The van der Waals surface area contributed by atoms with E-state index in [1.807, 2.05) is 0 Å². The van der Waals surface area contributed by atoms with Crippen molar-refractivity contribution < 1.29 is 4.79 Å². The number of carbonyl (C=O) groups excluding carboxylic acids is 1. The van der Waals surface area contributed by atoms with Gasteiger partial charge in [-0.15, -0.1) is 0 Å². The summed E-state index contributed by atoms with van der Waals surface area (Å²) in [5.41, 5.74) is 5.64. The Morgan fingerprint density at radius 1 is 1.58 bits per heavy atom. The predicted octanol–water partition coefficient (Wildman–Crippen LogP) is -1.09. The number of nitrogens with two attached hydrogens (primary N) is 1. The lowest BCUT2D eigenvalue weighted by Crippen LogP contribution is -2.58. The molecule has 0 aliphatic carbocycles. The molecule has 1 amide bonds. The van der Waals surface area contributed by atoms with Crippen LogP contribution in [0, 0.1) is 0 Å². The number of carbonyl (C=O) groups is 1. The highest BCUT2D eigenvalue weighted by atomic mass is 16.1. The second-order valence-corrected chi connectivity index (χ2v) is 3.78. The van der Waals surface area contributed by atoms with Gasteiger partial charge in [0.15, 0.2) is 0 Å². The van der Waals surface area contributed by atoms with E-state index >= 15 is 0 Å². The predicted molar refractivity (Wildman–Crippen MR) is 45.6 cm³/mol. The lowest BCUT2D eigenvalue weighted by Gasteiger charge is -2.38. The first kappa shape index (κ1) is 8.01. The summed E-state index contributed by atoms with van der Waals surface area (Å²) in [4.78, 5) is 13.1. The second-order valence-electron chi connectivity index (χ2n) is 3.78. The van der Waals surface area contributed by atoms with Gasteiger partial charge < -0.3 is 11.1 Å². The molecule has 0 aromatic heterocycles. The molecule has 2 fully saturated rings. The van der Waals surface area contributed by atoms with Crippen molar-refractivity contribution in [3.8, 4) is 0 Å². The van der Waals surface area contributed by atoms with Crippen LogP contribution in [-0.2, 0) is 4.79 Å². The van der Waals surface area contributed by atoms with Crippen LogP contribution >= 0.6 is 0 Å². The monoisotopic (exact) mass is 169 g/mol. The molecule has 4 nitrogen and oxygen atoms in total. The molecule has 0 radical (unpaired) electrons. The fourth-order valence-corrected chi connectivity index (χ4v) is 1.88. The number of nitrogens with one attached hydrogen (secondary N) is 1. The first-order chi connectivity index (χ1) is 5.74. The average molecular weight is 169 g/mol. The molecule has 3 N–H and O–H groups in total. The van der Waals surface area contributed by atoms with E-state index < -0.39 is 0 Å². The number of rotatable bonds is 2. The first-order valence-electron chi connectivity index (χ1n) is 4.51. The van der Waals surface area contributed by atoms with E-state index in [4.69, 9.17) is 5.73 Å². The molecule has 4 heteroatoms. The first-order valence-corrected chi connectivity index (χ1v) is 4.51. The van der Waals surface area contributed by atoms with Crippen molar-refractivity contribution in [3.63, 3.8) is 0 Å². The summed E-state index contributed by atoms with van der Waals surface area (Å²) in [6.07, 6.45) is 1.69. The van der Waals surface area contributed by atoms with Crippen LogP contribution in [0.4, 0.5) is 0 Å². The van der Waals surface area contributed by atoms with Gasteiger partial charge in [-0.25, -0.2) is 0 Å². The third-order valence-electron chi connectivity index (χ3n) is 2.55. The molecular weight excluding hydrogens is 154 g/mol. The Hall–Kier alpha value is -0.610. The van der Waals surface area contributed by atoms with Gasteiger partial charge in [0, 0.05) is 38.1 Å². The molecule has 2 aliphatic heterocycles. The molecule has 2 rings (SSSR count). The van der Waals surface area contributed by atoms with Crippen molar-refractivity contribution in [2.75, 3.05) is 19.6 Å². The van der Waals surface area contributed by atoms with Crippen LogP contribution < -0.4 is 11.1 Å². The van der Waals surface area contributed by atoms with Crippen LogP contribution in [0.5, 0.6) is 0 Å². The van der Waals surface area contributed by atoms with Crippen LogP contribution in [0.25, 0.3) is 0 Å². The Labute approximate surface area is 72.1 Å². The maximum absolute atomic E-state index is 10.9. The van der Waals surface area contributed by atoms with Crippen molar-refractivity contribution >= 4 is 5.91 Å². The Kier molecular flexibility index (Phi) is 2.02. The van der Waals surface area contributed by atoms with Crippen molar-refractivity contribution in [2.24, 2.45) is 5.73 Å². The van der Waals surface area contributed by atoms with E-state index in [2.05, 4.69) is 10.2 Å². The summed E-state index contributed by atoms with van der Waals surface area (Å²) in [6, 6.07) is 0.743. The molecular formula is C8H15N3O. The summed E-state index contributed by atoms with van der Waals surface area (Å²) in [7, 11) is 0. The molecule has 1 unspecified atom stereocenters. The maximum atomic E-state index is 10.9. The minimum atomic E-state index is 0.199. The molecule has 2 aliphatic rings. The van der Waals surface area contributed by atoms with Crippen LogP contribution in [0.15, 0.2) is 0 Å². The largest absolute Gasteiger partial charge is 0.352 e. The lowest BCUT2D eigenvalue weighted by atomic mass is 10.1. The Morgan fingerprint density at radius 3 is 2.83 bits per heavy atom. The zero-order valence-corrected chi connectivity index (χ0v) is 7.12. The van der Waals surface area contributed by atoms with Crippen LogP contribution in [-0.4, -0.2) is 42.5 Å². The molecule has 1 atom stereocenters. The van der Waals surface area contributed by atoms with E-state index in [-0.39, 0.29) is 5.91 Å². The normalized spacial score (nSPS) is 31.8. The highest BCUT2D eigenvalue weighted by Gasteiger charge is 2.28. The molecule has 2 heterocycles. The number of likely N-dealkylation sites (tertiary alicyclic amines) is 1. The lowest BCUT2D eigenvalue weighted by molar-refractivity contribution is -0.119. The van der Waals surface area contributed by atoms with Gasteiger partial charge >= 0.3 is 0 Å². The second kappa shape index (κ2) is 3.03. The van der Waals surface area contributed by atoms with Crippen molar-refractivity contribution in [3.05, 3.63) is 0 Å². The number of nitrogens with zero attached hydrogens (tertiary/aromatic N) is 1. The molecule has 68 valence electrons. The summed E-state index contributed by atoms with van der Waals surface area (Å²) in [6.45, 7) is 2.97. The van der Waals surface area contributed by atoms with Crippen molar-refractivity contribution in [1.29, 1.82) is 0 Å². The van der Waals surface area contributed by atoms with Gasteiger partial charge in [-0.1, -0.05) is 0 Å². The van der Waals surface area contributed by atoms with Gasteiger partial charge in [-0.05, 0) is 6.42 Å². The summed E-state index contributed by atoms with van der Waals surface area (Å²) in [5, 5.41) is 2.95. The number of hydrogen-bond acceptors (Lipinski definition) is 3. The molecule has 2 saturated heterocycles. The smallest absolute Gasteiger partial charge is 0.220 e. The number of amides is 1. The molecule has 0 aromatic rings. The van der Waals surface area contributed by atoms with E-state index in [1.54, 1.807) is 0 Å². The Morgan fingerprint density at radius 2 is 2.33 bits per heavy atom. The molecule has 0 saturated carbocycles. The minimum Gasteiger partial charge on any atom is -0.352 e. The van der Waals surface area contributed by atoms with E-state index in [0.29, 0.717) is 18.5 Å². The molecule has 12 heavy (non-hydrogen) atoms. The van der Waals surface area contributed by atoms with Gasteiger partial charge in [0.2, 0.25) is 5.91 Å². The van der Waals surface area contributed by atoms with Crippen molar-refractivity contribution in [1.82, 2.24) is 10.2 Å². The minimum absolute atomic E-state index is 0.199. The summed E-state index contributed by atoms with van der Waals surface area (Å²) in [5.74, 6) is 0.199. The molecule has 0 spiro atoms. The van der Waals surface area contributed by atoms with E-state index in [9.17, 15) is 4.79 Å². The quantitative estimate of drug-likeness (QED) is 0.552. The fourth-order valence-electron chi connectivity index (χ4n) is 1.88. The third-order valence-corrected chi connectivity index (χ3v) is 2.55. The van der Waals surface area contributed by atoms with Gasteiger partial charge in [-0.2, -0.15) is 0 Å². The summed E-state index contributed by atoms with van der Waals surface area (Å²) < 4.78 is 0. The summed E-state index contributed by atoms with van der Waals surface area (Å²) >= 11 is 0.